The van der Waals surface area contributed by atoms with E-state index in [1.54, 1.807) is 24.3 Å². The summed E-state index contributed by atoms with van der Waals surface area (Å²) < 4.78 is 33.9. The molecule has 1 aliphatic heterocycles. The van der Waals surface area contributed by atoms with E-state index in [9.17, 15) is 9.59 Å². The lowest BCUT2D eigenvalue weighted by Gasteiger charge is -2.16. The van der Waals surface area contributed by atoms with Gasteiger partial charge >= 0.3 is 0 Å². The van der Waals surface area contributed by atoms with Crippen LogP contribution in [0.25, 0.3) is 0 Å². The first-order valence-electron chi connectivity index (χ1n) is 10.1. The lowest BCUT2D eigenvalue weighted by Crippen LogP contribution is -2.16. The Labute approximate surface area is 185 Å². The minimum atomic E-state index is -0.559. The molecule has 3 rings (SSSR count). The van der Waals surface area contributed by atoms with Crippen molar-refractivity contribution in [2.24, 2.45) is 11.5 Å². The summed E-state index contributed by atoms with van der Waals surface area (Å²) in [6, 6.07) is 9.45. The maximum absolute atomic E-state index is 11.5. The summed E-state index contributed by atoms with van der Waals surface area (Å²) in [5.41, 5.74) is 11.3. The quantitative estimate of drug-likeness (QED) is 0.700. The predicted octanol–water partition coefficient (Wildman–Crippen LogP) is 1.15. The molecular formula is C22H26N2O8. The zero-order valence-electron chi connectivity index (χ0n) is 17.5. The average Bonchev–Trinajstić information content (AvgIpc) is 2.78. The van der Waals surface area contributed by atoms with Crippen molar-refractivity contribution in [1.29, 1.82) is 0 Å². The van der Waals surface area contributed by atoms with E-state index in [4.69, 9.17) is 39.9 Å². The van der Waals surface area contributed by atoms with Gasteiger partial charge in [-0.3, -0.25) is 9.59 Å². The highest BCUT2D eigenvalue weighted by atomic mass is 16.6. The van der Waals surface area contributed by atoms with Crippen LogP contribution in [-0.4, -0.2) is 64.7 Å². The molecule has 0 atom stereocenters. The van der Waals surface area contributed by atoms with E-state index in [1.165, 1.54) is 12.1 Å². The van der Waals surface area contributed by atoms with Crippen molar-refractivity contribution >= 4 is 11.8 Å². The second-order valence-electron chi connectivity index (χ2n) is 6.67. The zero-order valence-corrected chi connectivity index (χ0v) is 17.5. The van der Waals surface area contributed by atoms with Crippen molar-refractivity contribution in [2.75, 3.05) is 52.9 Å². The van der Waals surface area contributed by atoms with E-state index >= 15 is 0 Å². The molecule has 2 aromatic rings. The summed E-state index contributed by atoms with van der Waals surface area (Å²) in [5.74, 6) is 0.598. The van der Waals surface area contributed by atoms with Gasteiger partial charge in [0.15, 0.2) is 23.0 Å². The summed E-state index contributed by atoms with van der Waals surface area (Å²) in [6.45, 7) is 2.16. The Kier molecular flexibility index (Phi) is 8.52. The smallest absolute Gasteiger partial charge is 0.248 e. The van der Waals surface area contributed by atoms with Crippen molar-refractivity contribution in [2.45, 2.75) is 0 Å². The van der Waals surface area contributed by atoms with Gasteiger partial charge in [0.25, 0.3) is 0 Å². The summed E-state index contributed by atoms with van der Waals surface area (Å²) in [5, 5.41) is 0. The Hall–Kier alpha value is -3.50. The van der Waals surface area contributed by atoms with Crippen LogP contribution >= 0.6 is 0 Å². The van der Waals surface area contributed by atoms with Crippen molar-refractivity contribution in [1.82, 2.24) is 0 Å². The molecule has 0 radical (unpaired) electrons. The Morgan fingerprint density at radius 1 is 0.531 bits per heavy atom. The van der Waals surface area contributed by atoms with Gasteiger partial charge in [0.2, 0.25) is 11.8 Å². The number of carbonyl (C=O) groups excluding carboxylic acids is 2. The lowest BCUT2D eigenvalue weighted by molar-refractivity contribution is 0.0639. The molecule has 0 spiro atoms. The molecule has 2 amide bonds. The molecule has 0 saturated heterocycles. The van der Waals surface area contributed by atoms with Gasteiger partial charge in [0, 0.05) is 11.1 Å². The molecular weight excluding hydrogens is 420 g/mol. The molecule has 10 heteroatoms. The first-order chi connectivity index (χ1) is 15.5. The van der Waals surface area contributed by atoms with Crippen LogP contribution in [0.4, 0.5) is 0 Å². The molecule has 0 bridgehead atoms. The number of fused-ring (bicyclic) bond motifs is 2. The van der Waals surface area contributed by atoms with Crippen molar-refractivity contribution < 1.29 is 38.0 Å². The van der Waals surface area contributed by atoms with Gasteiger partial charge in [0.1, 0.15) is 26.4 Å². The zero-order chi connectivity index (χ0) is 22.8. The molecule has 4 N–H and O–H groups in total. The summed E-state index contributed by atoms with van der Waals surface area (Å²) >= 11 is 0. The maximum Gasteiger partial charge on any atom is 0.248 e. The Bertz CT molecular complexity index is 859. The van der Waals surface area contributed by atoms with Gasteiger partial charge in [-0.2, -0.15) is 0 Å². The normalized spacial score (nSPS) is 15.8. The van der Waals surface area contributed by atoms with Gasteiger partial charge in [-0.25, -0.2) is 0 Å². The average molecular weight is 446 g/mol. The SMILES string of the molecule is NC(=O)c1ccc2c(c1)OCCOCCOc1ccc(C(N)=O)cc1OCCOCCO2. The van der Waals surface area contributed by atoms with Crippen LogP contribution in [0.5, 0.6) is 23.0 Å². The topological polar surface area (TPSA) is 142 Å². The lowest BCUT2D eigenvalue weighted by atomic mass is 10.2. The molecule has 10 nitrogen and oxygen atoms in total. The summed E-state index contributed by atoms with van der Waals surface area (Å²) in [7, 11) is 0. The summed E-state index contributed by atoms with van der Waals surface area (Å²) in [4.78, 5) is 22.9. The van der Waals surface area contributed by atoms with Crippen molar-refractivity contribution in [3.05, 3.63) is 47.5 Å². The second kappa shape index (κ2) is 11.8. The number of hydrogen-bond acceptors (Lipinski definition) is 8. The van der Waals surface area contributed by atoms with Crippen LogP contribution in [-0.2, 0) is 9.47 Å². The van der Waals surface area contributed by atoms with E-state index in [1.807, 2.05) is 0 Å². The second-order valence-corrected chi connectivity index (χ2v) is 6.67. The summed E-state index contributed by atoms with van der Waals surface area (Å²) in [6.07, 6.45) is 0. The first kappa shape index (κ1) is 23.2. The number of rotatable bonds is 2. The van der Waals surface area contributed by atoms with Crippen molar-refractivity contribution in [3.8, 4) is 23.0 Å². The molecule has 2 aromatic carbocycles. The maximum atomic E-state index is 11.5. The number of hydrogen-bond donors (Lipinski definition) is 2. The van der Waals surface area contributed by atoms with Gasteiger partial charge in [-0.05, 0) is 36.4 Å². The van der Waals surface area contributed by atoms with Crippen LogP contribution in [0.1, 0.15) is 20.7 Å². The van der Waals surface area contributed by atoms with Crippen LogP contribution < -0.4 is 30.4 Å². The van der Waals surface area contributed by atoms with Crippen molar-refractivity contribution in [3.63, 3.8) is 0 Å². The Morgan fingerprint density at radius 3 is 1.22 bits per heavy atom. The fourth-order valence-corrected chi connectivity index (χ4v) is 2.83. The fourth-order valence-electron chi connectivity index (χ4n) is 2.83. The third-order valence-corrected chi connectivity index (χ3v) is 4.40. The highest BCUT2D eigenvalue weighted by Gasteiger charge is 2.12. The number of nitrogens with two attached hydrogens (primary N) is 2. The monoisotopic (exact) mass is 446 g/mol. The molecule has 0 saturated carbocycles. The molecule has 1 aliphatic rings. The number of amides is 2. The van der Waals surface area contributed by atoms with E-state index in [2.05, 4.69) is 0 Å². The largest absolute Gasteiger partial charge is 0.487 e. The van der Waals surface area contributed by atoms with E-state index in [-0.39, 0.29) is 39.6 Å². The predicted molar refractivity (Wildman–Crippen MR) is 114 cm³/mol. The molecule has 0 aromatic heterocycles. The third-order valence-electron chi connectivity index (χ3n) is 4.40. The standard InChI is InChI=1S/C22H26N2O8/c23-21(25)15-1-3-17-19(13-15)31-11-7-28-6-10-30-18-4-2-16(22(24)26)14-20(18)32-12-8-27-5-9-29-17/h1-4,13-14H,5-12H2,(H2,23,25)(H2,24,26). The van der Waals surface area contributed by atoms with Gasteiger partial charge < -0.3 is 39.9 Å². The number of benzene rings is 2. The minimum absolute atomic E-state index is 0.233. The highest BCUT2D eigenvalue weighted by Crippen LogP contribution is 2.29. The first-order valence-corrected chi connectivity index (χ1v) is 10.1. The van der Waals surface area contributed by atoms with Crippen LogP contribution in [0.3, 0.4) is 0 Å². The molecule has 0 fully saturated rings. The van der Waals surface area contributed by atoms with E-state index < -0.39 is 11.8 Å². The molecule has 0 aliphatic carbocycles. The minimum Gasteiger partial charge on any atom is -0.487 e. The van der Waals surface area contributed by atoms with Crippen LogP contribution in [0, 0.1) is 0 Å². The Balaban J connectivity index is 1.64. The Morgan fingerprint density at radius 2 is 0.875 bits per heavy atom. The third kappa shape index (κ3) is 6.76. The molecule has 172 valence electrons. The molecule has 0 unspecified atom stereocenters. The van der Waals surface area contributed by atoms with Gasteiger partial charge in [-0.15, -0.1) is 0 Å². The number of carbonyl (C=O) groups is 2. The number of ether oxygens (including phenoxy) is 6. The van der Waals surface area contributed by atoms with Gasteiger partial charge in [0.05, 0.1) is 26.4 Å². The number of primary amides is 2. The van der Waals surface area contributed by atoms with E-state index in [0.29, 0.717) is 47.3 Å². The fraction of sp³-hybridized carbons (Fsp3) is 0.364. The van der Waals surface area contributed by atoms with Gasteiger partial charge in [-0.1, -0.05) is 0 Å². The highest BCUT2D eigenvalue weighted by molar-refractivity contribution is 5.94. The van der Waals surface area contributed by atoms with E-state index in [0.717, 1.165) is 0 Å². The van der Waals surface area contributed by atoms with Crippen LogP contribution in [0.15, 0.2) is 36.4 Å². The molecule has 32 heavy (non-hydrogen) atoms. The van der Waals surface area contributed by atoms with Crippen LogP contribution in [0.2, 0.25) is 0 Å². The molecule has 1 heterocycles.